The third-order valence-electron chi connectivity index (χ3n) is 2.22. The summed E-state index contributed by atoms with van der Waals surface area (Å²) in [5.41, 5.74) is 5.86. The van der Waals surface area contributed by atoms with Crippen LogP contribution in [-0.4, -0.2) is 11.0 Å². The predicted octanol–water partition coefficient (Wildman–Crippen LogP) is 1.95. The summed E-state index contributed by atoms with van der Waals surface area (Å²) in [6.45, 7) is 2.30. The molecule has 0 heterocycles. The molecule has 0 unspecified atom stereocenters. The van der Waals surface area contributed by atoms with Crippen LogP contribution in [0.5, 0.6) is 0 Å². The van der Waals surface area contributed by atoms with Gasteiger partial charge in [0, 0.05) is 12.6 Å². The summed E-state index contributed by atoms with van der Waals surface area (Å²) >= 11 is 4.98. The van der Waals surface area contributed by atoms with E-state index < -0.39 is 0 Å². The van der Waals surface area contributed by atoms with Crippen LogP contribution in [0.3, 0.4) is 0 Å². The van der Waals surface area contributed by atoms with Crippen LogP contribution in [0.15, 0.2) is 48.6 Å². The summed E-state index contributed by atoms with van der Waals surface area (Å²) in [6.07, 6.45) is 6.54. The van der Waals surface area contributed by atoms with Gasteiger partial charge in [-0.05, 0) is 36.8 Å². The summed E-state index contributed by atoms with van der Waals surface area (Å²) in [4.78, 5) is 11.3. The lowest BCUT2D eigenvalue weighted by Gasteiger charge is -2.10. The SMILES string of the molecule is C/C=C/C=C/C(=O)NNC(=S)NCc1ccc(F)cc1. The summed E-state index contributed by atoms with van der Waals surface area (Å²) in [7, 11) is 0. The number of carbonyl (C=O) groups excluding carboxylic acids is 1. The van der Waals surface area contributed by atoms with Crippen LogP contribution >= 0.6 is 12.2 Å². The predicted molar refractivity (Wildman–Crippen MR) is 81.1 cm³/mol. The molecule has 1 amide bonds. The van der Waals surface area contributed by atoms with E-state index in [4.69, 9.17) is 12.2 Å². The highest BCUT2D eigenvalue weighted by atomic mass is 32.1. The Kier molecular flexibility index (Phi) is 6.99. The van der Waals surface area contributed by atoms with Gasteiger partial charge in [0.05, 0.1) is 0 Å². The van der Waals surface area contributed by atoms with E-state index in [-0.39, 0.29) is 16.8 Å². The van der Waals surface area contributed by atoms with Crippen molar-refractivity contribution in [3.05, 3.63) is 60.0 Å². The smallest absolute Gasteiger partial charge is 0.262 e. The average molecular weight is 293 g/mol. The minimum atomic E-state index is -0.311. The first-order valence-corrected chi connectivity index (χ1v) is 6.40. The van der Waals surface area contributed by atoms with Crippen LogP contribution in [0.4, 0.5) is 4.39 Å². The molecule has 0 aliphatic rings. The summed E-state index contributed by atoms with van der Waals surface area (Å²) in [5.74, 6) is -0.594. The maximum absolute atomic E-state index is 12.7. The first-order valence-electron chi connectivity index (χ1n) is 5.99. The minimum Gasteiger partial charge on any atom is -0.357 e. The molecule has 0 saturated carbocycles. The highest BCUT2D eigenvalue weighted by molar-refractivity contribution is 7.80. The fourth-order valence-electron chi connectivity index (χ4n) is 1.24. The van der Waals surface area contributed by atoms with E-state index in [0.717, 1.165) is 5.56 Å². The number of benzene rings is 1. The zero-order chi connectivity index (χ0) is 14.8. The molecule has 1 aromatic rings. The third-order valence-corrected chi connectivity index (χ3v) is 2.46. The summed E-state index contributed by atoms with van der Waals surface area (Å²) in [5, 5.41) is 3.17. The first kappa shape index (κ1) is 15.8. The van der Waals surface area contributed by atoms with Crippen molar-refractivity contribution in [2.24, 2.45) is 0 Å². The molecular formula is C14H16FN3OS. The van der Waals surface area contributed by atoms with Gasteiger partial charge in [-0.2, -0.15) is 0 Å². The van der Waals surface area contributed by atoms with Crippen molar-refractivity contribution in [2.45, 2.75) is 13.5 Å². The van der Waals surface area contributed by atoms with Crippen LogP contribution in [0.2, 0.25) is 0 Å². The molecule has 0 aromatic heterocycles. The maximum Gasteiger partial charge on any atom is 0.262 e. The Labute approximate surface area is 122 Å². The van der Waals surface area contributed by atoms with Gasteiger partial charge in [0.1, 0.15) is 5.82 Å². The Hall–Kier alpha value is -2.21. The number of amides is 1. The molecule has 0 saturated heterocycles. The molecular weight excluding hydrogens is 277 g/mol. The van der Waals surface area contributed by atoms with E-state index in [9.17, 15) is 9.18 Å². The van der Waals surface area contributed by atoms with Gasteiger partial charge in [-0.25, -0.2) is 4.39 Å². The lowest BCUT2D eigenvalue weighted by molar-refractivity contribution is -0.117. The maximum atomic E-state index is 12.7. The van der Waals surface area contributed by atoms with E-state index in [2.05, 4.69) is 16.2 Å². The number of halogens is 1. The van der Waals surface area contributed by atoms with E-state index in [1.807, 2.05) is 13.0 Å². The average Bonchev–Trinajstić information content (AvgIpc) is 2.45. The molecule has 0 aliphatic heterocycles. The second kappa shape index (κ2) is 8.82. The van der Waals surface area contributed by atoms with Gasteiger partial charge in [-0.3, -0.25) is 15.6 Å². The number of rotatable bonds is 4. The van der Waals surface area contributed by atoms with Crippen molar-refractivity contribution in [3.8, 4) is 0 Å². The molecule has 0 bridgehead atoms. The van der Waals surface area contributed by atoms with Gasteiger partial charge in [0.15, 0.2) is 5.11 Å². The van der Waals surface area contributed by atoms with E-state index in [1.165, 1.54) is 18.2 Å². The van der Waals surface area contributed by atoms with Gasteiger partial charge in [0.25, 0.3) is 5.91 Å². The van der Waals surface area contributed by atoms with Crippen LogP contribution in [-0.2, 0) is 11.3 Å². The number of hydrazine groups is 1. The third kappa shape index (κ3) is 6.65. The number of carbonyl (C=O) groups is 1. The number of allylic oxidation sites excluding steroid dienone is 3. The Bertz CT molecular complexity index is 512. The van der Waals surface area contributed by atoms with E-state index in [1.54, 1.807) is 24.3 Å². The molecule has 20 heavy (non-hydrogen) atoms. The number of nitrogens with one attached hydrogen (secondary N) is 3. The molecule has 4 nitrogen and oxygen atoms in total. The monoisotopic (exact) mass is 293 g/mol. The molecule has 0 radical (unpaired) electrons. The van der Waals surface area contributed by atoms with Gasteiger partial charge < -0.3 is 5.32 Å². The van der Waals surface area contributed by atoms with Crippen molar-refractivity contribution >= 4 is 23.2 Å². The zero-order valence-electron chi connectivity index (χ0n) is 11.0. The van der Waals surface area contributed by atoms with Crippen LogP contribution in [0, 0.1) is 5.82 Å². The molecule has 0 aliphatic carbocycles. The second-order valence-electron chi connectivity index (χ2n) is 3.81. The Balaban J connectivity index is 2.26. The normalized spacial score (nSPS) is 10.7. The Morgan fingerprint density at radius 2 is 1.95 bits per heavy atom. The zero-order valence-corrected chi connectivity index (χ0v) is 11.8. The summed E-state index contributed by atoms with van der Waals surface area (Å²) in [6, 6.07) is 6.06. The molecule has 3 N–H and O–H groups in total. The fourth-order valence-corrected chi connectivity index (χ4v) is 1.37. The molecule has 6 heteroatoms. The molecule has 1 rings (SSSR count). The van der Waals surface area contributed by atoms with Gasteiger partial charge in [-0.15, -0.1) is 0 Å². The topological polar surface area (TPSA) is 53.2 Å². The second-order valence-corrected chi connectivity index (χ2v) is 4.22. The molecule has 0 atom stereocenters. The van der Waals surface area contributed by atoms with Crippen molar-refractivity contribution in [2.75, 3.05) is 0 Å². The van der Waals surface area contributed by atoms with Gasteiger partial charge in [-0.1, -0.05) is 30.4 Å². The number of hydrogen-bond donors (Lipinski definition) is 3. The first-order chi connectivity index (χ1) is 9.61. The van der Waals surface area contributed by atoms with Crippen LogP contribution in [0.1, 0.15) is 12.5 Å². The molecule has 0 fully saturated rings. The lowest BCUT2D eigenvalue weighted by atomic mass is 10.2. The van der Waals surface area contributed by atoms with Gasteiger partial charge in [0.2, 0.25) is 0 Å². The standard InChI is InChI=1S/C14H16FN3OS/c1-2-3-4-5-13(19)17-18-14(20)16-10-11-6-8-12(15)9-7-11/h2-9H,10H2,1H3,(H,17,19)(H2,16,18,20)/b3-2+,5-4+. The van der Waals surface area contributed by atoms with Crippen molar-refractivity contribution in [3.63, 3.8) is 0 Å². The molecule has 106 valence electrons. The Morgan fingerprint density at radius 1 is 1.25 bits per heavy atom. The highest BCUT2D eigenvalue weighted by Crippen LogP contribution is 2.01. The highest BCUT2D eigenvalue weighted by Gasteiger charge is 1.98. The quantitative estimate of drug-likeness (QED) is 0.344. The van der Waals surface area contributed by atoms with Crippen molar-refractivity contribution in [1.29, 1.82) is 0 Å². The number of thiocarbonyl (C=S) groups is 1. The molecule has 1 aromatic carbocycles. The largest absolute Gasteiger partial charge is 0.357 e. The van der Waals surface area contributed by atoms with E-state index in [0.29, 0.717) is 6.54 Å². The lowest BCUT2D eigenvalue weighted by Crippen LogP contribution is -2.45. The Morgan fingerprint density at radius 3 is 2.60 bits per heavy atom. The van der Waals surface area contributed by atoms with Crippen LogP contribution in [0.25, 0.3) is 0 Å². The van der Waals surface area contributed by atoms with Crippen molar-refractivity contribution < 1.29 is 9.18 Å². The fraction of sp³-hybridized carbons (Fsp3) is 0.143. The van der Waals surface area contributed by atoms with E-state index >= 15 is 0 Å². The molecule has 0 spiro atoms. The summed E-state index contributed by atoms with van der Waals surface area (Å²) < 4.78 is 12.7. The number of hydrogen-bond acceptors (Lipinski definition) is 2. The van der Waals surface area contributed by atoms with Crippen molar-refractivity contribution in [1.82, 2.24) is 16.2 Å². The van der Waals surface area contributed by atoms with Gasteiger partial charge >= 0.3 is 0 Å². The van der Waals surface area contributed by atoms with Crippen LogP contribution < -0.4 is 16.2 Å². The minimum absolute atomic E-state index is 0.280.